The van der Waals surface area contributed by atoms with Crippen LogP contribution in [0.25, 0.3) is 0 Å². The summed E-state index contributed by atoms with van der Waals surface area (Å²) in [4.78, 5) is 25.4. The highest BCUT2D eigenvalue weighted by Gasteiger charge is 2.13. The van der Waals surface area contributed by atoms with E-state index in [4.69, 9.17) is 5.73 Å². The van der Waals surface area contributed by atoms with E-state index >= 15 is 0 Å². The molecule has 0 aliphatic carbocycles. The van der Waals surface area contributed by atoms with E-state index in [0.717, 1.165) is 11.3 Å². The highest BCUT2D eigenvalue weighted by molar-refractivity contribution is 7.78. The first-order chi connectivity index (χ1) is 12.1. The SMILES string of the molecule is CC(=O)Cc1ccc(N)cc1.CC(C)(C)c1ccc(C(=O)N=C=S)cc1. The summed E-state index contributed by atoms with van der Waals surface area (Å²) >= 11 is 4.38. The summed E-state index contributed by atoms with van der Waals surface area (Å²) in [5.74, 6) is -0.166. The first-order valence-electron chi connectivity index (χ1n) is 8.20. The summed E-state index contributed by atoms with van der Waals surface area (Å²) in [7, 11) is 0. The van der Waals surface area contributed by atoms with Crippen molar-refractivity contribution in [3.05, 3.63) is 65.2 Å². The molecule has 0 unspecified atom stereocenters. The first kappa shape index (κ1) is 21.4. The lowest BCUT2D eigenvalue weighted by Crippen LogP contribution is -2.11. The predicted molar refractivity (Wildman–Crippen MR) is 110 cm³/mol. The number of Topliss-reactive ketones (excluding diaryl/α,β-unsaturated/α-hetero) is 1. The van der Waals surface area contributed by atoms with E-state index < -0.39 is 0 Å². The Labute approximate surface area is 160 Å². The van der Waals surface area contributed by atoms with Gasteiger partial charge in [0.2, 0.25) is 0 Å². The van der Waals surface area contributed by atoms with Crippen LogP contribution < -0.4 is 5.73 Å². The molecule has 0 atom stereocenters. The number of nitrogen functional groups attached to an aromatic ring is 1. The maximum absolute atomic E-state index is 11.3. The number of nitrogens with two attached hydrogens (primary N) is 1. The lowest BCUT2D eigenvalue weighted by Gasteiger charge is -2.18. The van der Waals surface area contributed by atoms with Gasteiger partial charge in [-0.25, -0.2) is 0 Å². The zero-order valence-corrected chi connectivity index (χ0v) is 16.4. The molecule has 0 fully saturated rings. The molecule has 136 valence electrons. The molecule has 1 amide bonds. The Bertz CT molecular complexity index is 797. The summed E-state index contributed by atoms with van der Waals surface area (Å²) in [6.45, 7) is 7.95. The third-order valence-corrected chi connectivity index (χ3v) is 3.67. The van der Waals surface area contributed by atoms with Crippen LogP contribution in [0, 0.1) is 0 Å². The van der Waals surface area contributed by atoms with Gasteiger partial charge in [0.1, 0.15) is 5.78 Å². The predicted octanol–water partition coefficient (Wildman–Crippen LogP) is 4.63. The molecule has 2 N–H and O–H groups in total. The Morgan fingerprint density at radius 2 is 1.58 bits per heavy atom. The van der Waals surface area contributed by atoms with Crippen molar-refractivity contribution < 1.29 is 9.59 Å². The van der Waals surface area contributed by atoms with E-state index in [1.165, 1.54) is 5.56 Å². The first-order valence-corrected chi connectivity index (χ1v) is 8.61. The van der Waals surface area contributed by atoms with Gasteiger partial charge >= 0.3 is 0 Å². The Hall–Kier alpha value is -2.62. The Balaban J connectivity index is 0.000000273. The number of amides is 1. The van der Waals surface area contributed by atoms with Gasteiger partial charge in [-0.3, -0.25) is 9.59 Å². The normalized spacial score (nSPS) is 10.2. The lowest BCUT2D eigenvalue weighted by atomic mass is 9.87. The van der Waals surface area contributed by atoms with Crippen LogP contribution >= 0.6 is 12.2 Å². The second-order valence-corrected chi connectivity index (χ2v) is 7.14. The Morgan fingerprint density at radius 1 is 1.04 bits per heavy atom. The molecule has 0 aliphatic rings. The van der Waals surface area contributed by atoms with Crippen LogP contribution in [0.1, 0.15) is 49.2 Å². The summed E-state index contributed by atoms with van der Waals surface area (Å²) < 4.78 is 0. The summed E-state index contributed by atoms with van der Waals surface area (Å²) in [5, 5.41) is 2.07. The molecule has 0 saturated heterocycles. The fraction of sp³-hybridized carbons (Fsp3) is 0.286. The average Bonchev–Trinajstić information content (AvgIpc) is 2.57. The van der Waals surface area contributed by atoms with Gasteiger partial charge in [0.25, 0.3) is 5.91 Å². The number of anilines is 1. The van der Waals surface area contributed by atoms with Crippen molar-refractivity contribution in [2.75, 3.05) is 5.73 Å². The van der Waals surface area contributed by atoms with Gasteiger partial charge < -0.3 is 5.73 Å². The van der Waals surface area contributed by atoms with Crippen molar-refractivity contribution in [1.82, 2.24) is 0 Å². The zero-order chi connectivity index (χ0) is 19.7. The van der Waals surface area contributed by atoms with E-state index in [9.17, 15) is 9.59 Å². The number of benzene rings is 2. The molecule has 0 saturated carbocycles. The van der Waals surface area contributed by atoms with Crippen molar-refractivity contribution in [2.45, 2.75) is 39.5 Å². The largest absolute Gasteiger partial charge is 0.399 e. The van der Waals surface area contributed by atoms with Crippen LogP contribution in [0.15, 0.2) is 53.5 Å². The number of aliphatic imine (C=N–C) groups is 1. The molecule has 2 aromatic carbocycles. The molecule has 0 radical (unpaired) electrons. The number of nitrogens with zero attached hydrogens (tertiary/aromatic N) is 1. The molecule has 2 rings (SSSR count). The molecule has 0 aromatic heterocycles. The van der Waals surface area contributed by atoms with Crippen molar-refractivity contribution in [3.8, 4) is 0 Å². The van der Waals surface area contributed by atoms with E-state index in [1.807, 2.05) is 24.3 Å². The highest BCUT2D eigenvalue weighted by atomic mass is 32.1. The number of hydrogen-bond acceptors (Lipinski definition) is 4. The number of carbonyl (C=O) groups is 2. The van der Waals surface area contributed by atoms with E-state index in [1.54, 1.807) is 31.2 Å². The fourth-order valence-electron chi connectivity index (χ4n) is 2.14. The second kappa shape index (κ2) is 9.76. The van der Waals surface area contributed by atoms with Crippen molar-refractivity contribution in [2.24, 2.45) is 4.99 Å². The number of thiocarbonyl (C=S) groups is 1. The summed E-state index contributed by atoms with van der Waals surface area (Å²) in [5.41, 5.74) is 9.05. The van der Waals surface area contributed by atoms with Crippen LogP contribution in [0.4, 0.5) is 5.69 Å². The number of isothiocyanates is 1. The summed E-state index contributed by atoms with van der Waals surface area (Å²) in [6, 6.07) is 14.8. The minimum absolute atomic E-state index is 0.0922. The van der Waals surface area contributed by atoms with E-state index in [0.29, 0.717) is 12.0 Å². The van der Waals surface area contributed by atoms with Crippen molar-refractivity contribution in [1.29, 1.82) is 0 Å². The zero-order valence-electron chi connectivity index (χ0n) is 15.6. The van der Waals surface area contributed by atoms with Gasteiger partial charge in [0.15, 0.2) is 0 Å². The van der Waals surface area contributed by atoms with Gasteiger partial charge in [-0.2, -0.15) is 4.99 Å². The second-order valence-electron chi connectivity index (χ2n) is 6.96. The van der Waals surface area contributed by atoms with Crippen LogP contribution in [0.2, 0.25) is 0 Å². The molecule has 5 heteroatoms. The third-order valence-electron chi connectivity index (χ3n) is 3.58. The number of hydrogen-bond donors (Lipinski definition) is 1. The minimum Gasteiger partial charge on any atom is -0.399 e. The number of ketones is 1. The molecule has 0 aliphatic heterocycles. The lowest BCUT2D eigenvalue weighted by molar-refractivity contribution is -0.116. The quantitative estimate of drug-likeness (QED) is 0.487. The summed E-state index contributed by atoms with van der Waals surface area (Å²) in [6.07, 6.45) is 0.500. The molecular weight excluding hydrogens is 344 g/mol. The molecule has 0 spiro atoms. The maximum atomic E-state index is 11.3. The standard InChI is InChI=1S/C12H13NOS.C9H11NO/c1-12(2,3)10-6-4-9(5-7-10)11(14)13-8-15;1-7(11)6-8-2-4-9(10)5-3-8/h4-7H,1-3H3;2-5H,6,10H2,1H3. The van der Waals surface area contributed by atoms with Gasteiger partial charge in [-0.1, -0.05) is 45.0 Å². The van der Waals surface area contributed by atoms with Crippen LogP contribution in [0.5, 0.6) is 0 Å². The third kappa shape index (κ3) is 7.51. The topological polar surface area (TPSA) is 72.5 Å². The molecule has 26 heavy (non-hydrogen) atoms. The van der Waals surface area contributed by atoms with Gasteiger partial charge in [-0.05, 0) is 59.9 Å². The van der Waals surface area contributed by atoms with Gasteiger partial charge in [0.05, 0.1) is 5.16 Å². The van der Waals surface area contributed by atoms with E-state index in [-0.39, 0.29) is 17.1 Å². The monoisotopic (exact) mass is 368 g/mol. The number of carbonyl (C=O) groups excluding carboxylic acids is 2. The van der Waals surface area contributed by atoms with Crippen molar-refractivity contribution in [3.63, 3.8) is 0 Å². The van der Waals surface area contributed by atoms with Gasteiger partial charge in [-0.15, -0.1) is 0 Å². The molecule has 4 nitrogen and oxygen atoms in total. The fourth-order valence-corrected chi connectivity index (χ4v) is 2.22. The van der Waals surface area contributed by atoms with Crippen LogP contribution in [0.3, 0.4) is 0 Å². The Kier molecular flexibility index (Phi) is 8.04. The Morgan fingerprint density at radius 3 is 2.00 bits per heavy atom. The maximum Gasteiger partial charge on any atom is 0.285 e. The molecular formula is C21H24N2O2S. The molecule has 0 heterocycles. The molecule has 0 bridgehead atoms. The van der Waals surface area contributed by atoms with Crippen molar-refractivity contribution >= 4 is 34.8 Å². The molecule has 2 aromatic rings. The van der Waals surface area contributed by atoms with Gasteiger partial charge in [0, 0.05) is 17.7 Å². The number of rotatable bonds is 3. The van der Waals surface area contributed by atoms with Crippen LogP contribution in [-0.4, -0.2) is 16.9 Å². The minimum atomic E-state index is -0.342. The van der Waals surface area contributed by atoms with E-state index in [2.05, 4.69) is 43.1 Å². The van der Waals surface area contributed by atoms with Crippen LogP contribution in [-0.2, 0) is 16.6 Å². The smallest absolute Gasteiger partial charge is 0.285 e. The average molecular weight is 369 g/mol. The highest BCUT2D eigenvalue weighted by Crippen LogP contribution is 2.22.